The lowest BCUT2D eigenvalue weighted by Gasteiger charge is -2.26. The molecule has 0 bridgehead atoms. The van der Waals surface area contributed by atoms with Crippen LogP contribution >= 0.6 is 24.0 Å². The van der Waals surface area contributed by atoms with Crippen LogP contribution in [-0.2, 0) is 24.3 Å². The van der Waals surface area contributed by atoms with Gasteiger partial charge in [-0.2, -0.15) is 9.40 Å². The normalized spacial score (nSPS) is 17.9. The van der Waals surface area contributed by atoms with Crippen LogP contribution in [0.5, 0.6) is 0 Å². The van der Waals surface area contributed by atoms with Crippen LogP contribution in [0.15, 0.2) is 70.6 Å². The molecule has 1 amide bonds. The number of carbonyl (C=O) groups is 1. The number of para-hydroxylation sites is 1. The zero-order valence-electron chi connectivity index (χ0n) is 21.4. The highest BCUT2D eigenvalue weighted by atomic mass is 32.2. The molecule has 3 aromatic rings. The molecule has 2 fully saturated rings. The van der Waals surface area contributed by atoms with E-state index in [0.717, 1.165) is 5.69 Å². The van der Waals surface area contributed by atoms with Gasteiger partial charge in [-0.1, -0.05) is 54.3 Å². The van der Waals surface area contributed by atoms with Crippen LogP contribution in [0.1, 0.15) is 12.0 Å². The van der Waals surface area contributed by atoms with Gasteiger partial charge in [0.15, 0.2) is 0 Å². The molecule has 0 atom stereocenters. The van der Waals surface area contributed by atoms with Gasteiger partial charge in [0.1, 0.15) is 10.0 Å². The number of thiocarbonyl (C=S) groups is 1. The summed E-state index contributed by atoms with van der Waals surface area (Å²) in [5.41, 5.74) is 2.70. The van der Waals surface area contributed by atoms with Gasteiger partial charge >= 0.3 is 0 Å². The Hall–Kier alpha value is -2.87. The molecule has 2 aliphatic rings. The fourth-order valence-corrected chi connectivity index (χ4v) is 7.12. The molecule has 0 N–H and O–H groups in total. The molecule has 0 aliphatic carbocycles. The Bertz CT molecular complexity index is 1500. The Morgan fingerprint density at radius 3 is 2.64 bits per heavy atom. The molecule has 1 aromatic heterocycles. The van der Waals surface area contributed by atoms with Crippen molar-refractivity contribution in [1.29, 1.82) is 0 Å². The molecule has 0 radical (unpaired) electrons. The Balaban J connectivity index is 1.54. The smallest absolute Gasteiger partial charge is 0.266 e. The molecule has 3 heterocycles. The fourth-order valence-electron chi connectivity index (χ4n) is 4.37. The molecular weight excluding hydrogens is 557 g/mol. The van der Waals surface area contributed by atoms with Crippen LogP contribution in [0.2, 0.25) is 0 Å². The summed E-state index contributed by atoms with van der Waals surface area (Å²) in [5, 5.41) is 4.81. The highest BCUT2D eigenvalue weighted by Gasteiger charge is 2.32. The fraction of sp³-hybridized carbons (Fsp3) is 0.296. The van der Waals surface area contributed by atoms with Crippen molar-refractivity contribution in [3.05, 3.63) is 71.3 Å². The van der Waals surface area contributed by atoms with Gasteiger partial charge in [-0.3, -0.25) is 9.69 Å². The number of hydrogen-bond acceptors (Lipinski definition) is 8. The van der Waals surface area contributed by atoms with Gasteiger partial charge in [-0.15, -0.1) is 0 Å². The van der Waals surface area contributed by atoms with Crippen molar-refractivity contribution in [2.75, 3.05) is 46.6 Å². The second-order valence-corrected chi connectivity index (χ2v) is 12.6. The number of aromatic nitrogens is 2. The minimum Gasteiger partial charge on any atom is -0.385 e. The second-order valence-electron chi connectivity index (χ2n) is 8.94. The third-order valence-electron chi connectivity index (χ3n) is 6.37. The molecule has 2 aliphatic heterocycles. The number of methoxy groups -OCH3 is 1. The van der Waals surface area contributed by atoms with Crippen molar-refractivity contribution in [3.8, 4) is 16.9 Å². The molecular formula is C27H28N4O5S3. The Morgan fingerprint density at radius 1 is 1.13 bits per heavy atom. The number of hydrogen-bond donors (Lipinski definition) is 0. The Labute approximate surface area is 237 Å². The van der Waals surface area contributed by atoms with Gasteiger partial charge in [0.25, 0.3) is 5.91 Å². The summed E-state index contributed by atoms with van der Waals surface area (Å²) in [5.74, 6) is -0.164. The van der Waals surface area contributed by atoms with Gasteiger partial charge < -0.3 is 9.47 Å². The molecule has 0 spiro atoms. The summed E-state index contributed by atoms with van der Waals surface area (Å²) in [7, 11) is -2.07. The van der Waals surface area contributed by atoms with Gasteiger partial charge in [0.05, 0.1) is 28.7 Å². The molecule has 2 aromatic carbocycles. The number of amides is 1. The van der Waals surface area contributed by atoms with Crippen LogP contribution < -0.4 is 0 Å². The van der Waals surface area contributed by atoms with E-state index in [1.807, 2.05) is 42.6 Å². The zero-order chi connectivity index (χ0) is 27.4. The quantitative estimate of drug-likeness (QED) is 0.213. The van der Waals surface area contributed by atoms with Crippen molar-refractivity contribution >= 4 is 50.3 Å². The molecule has 9 nitrogen and oxygen atoms in total. The monoisotopic (exact) mass is 584 g/mol. The van der Waals surface area contributed by atoms with Gasteiger partial charge in [-0.25, -0.2) is 13.1 Å². The van der Waals surface area contributed by atoms with Gasteiger partial charge in [0, 0.05) is 50.7 Å². The van der Waals surface area contributed by atoms with E-state index in [-0.39, 0.29) is 10.8 Å². The largest absolute Gasteiger partial charge is 0.385 e. The van der Waals surface area contributed by atoms with E-state index >= 15 is 0 Å². The van der Waals surface area contributed by atoms with Crippen molar-refractivity contribution in [3.63, 3.8) is 0 Å². The first-order valence-corrected chi connectivity index (χ1v) is 15.1. The maximum atomic E-state index is 13.3. The maximum Gasteiger partial charge on any atom is 0.266 e. The van der Waals surface area contributed by atoms with E-state index < -0.39 is 10.0 Å². The first-order chi connectivity index (χ1) is 18.9. The third-order valence-corrected chi connectivity index (χ3v) is 9.64. The minimum atomic E-state index is -3.70. The SMILES string of the molecule is COCCCN1C(=O)/C(=C/c2cn(-c3ccccc3)nc2-c2cccc(S(=O)(=O)N3CCOCC3)c2)SC1=S. The highest BCUT2D eigenvalue weighted by molar-refractivity contribution is 8.26. The van der Waals surface area contributed by atoms with E-state index in [2.05, 4.69) is 0 Å². The topological polar surface area (TPSA) is 94.0 Å². The zero-order valence-corrected chi connectivity index (χ0v) is 23.8. The predicted molar refractivity (Wildman–Crippen MR) is 155 cm³/mol. The van der Waals surface area contributed by atoms with Gasteiger partial charge in [-0.05, 0) is 36.8 Å². The standard InChI is InChI=1S/C27H28N4O5S3/c1-35-14-6-11-30-26(32)24(38-27(30)37)18-21-19-31(22-8-3-2-4-9-22)28-25(21)20-7-5-10-23(17-20)39(33,34)29-12-15-36-16-13-29/h2-5,7-10,17-19H,6,11-16H2,1H3/b24-18-. The van der Waals surface area contributed by atoms with E-state index in [1.54, 1.807) is 41.0 Å². The number of rotatable bonds is 9. The minimum absolute atomic E-state index is 0.164. The summed E-state index contributed by atoms with van der Waals surface area (Å²) in [6.45, 7) is 2.38. The third kappa shape index (κ3) is 6.01. The van der Waals surface area contributed by atoms with E-state index in [1.165, 1.54) is 16.1 Å². The number of carbonyl (C=O) groups excluding carboxylic acids is 1. The van der Waals surface area contributed by atoms with Crippen molar-refractivity contribution in [2.24, 2.45) is 0 Å². The summed E-state index contributed by atoms with van der Waals surface area (Å²) in [6.07, 6.45) is 4.30. The van der Waals surface area contributed by atoms with Crippen molar-refractivity contribution in [2.45, 2.75) is 11.3 Å². The molecule has 2 saturated heterocycles. The first kappa shape index (κ1) is 27.7. The number of nitrogens with zero attached hydrogens (tertiary/aromatic N) is 4. The molecule has 12 heteroatoms. The average molecular weight is 585 g/mol. The first-order valence-electron chi connectivity index (χ1n) is 12.5. The number of ether oxygens (including phenoxy) is 2. The average Bonchev–Trinajstić information content (AvgIpc) is 3.50. The van der Waals surface area contributed by atoms with Gasteiger partial charge in [0.2, 0.25) is 10.0 Å². The second kappa shape index (κ2) is 12.1. The molecule has 39 heavy (non-hydrogen) atoms. The van der Waals surface area contributed by atoms with Crippen LogP contribution in [0.25, 0.3) is 23.0 Å². The van der Waals surface area contributed by atoms with Crippen LogP contribution in [0.4, 0.5) is 0 Å². The number of thioether (sulfide) groups is 1. The summed E-state index contributed by atoms with van der Waals surface area (Å²) < 4.78 is 40.8. The number of morpholine rings is 1. The van der Waals surface area contributed by atoms with Crippen LogP contribution in [0, 0.1) is 0 Å². The Morgan fingerprint density at radius 2 is 1.90 bits per heavy atom. The lowest BCUT2D eigenvalue weighted by atomic mass is 10.1. The molecule has 204 valence electrons. The summed E-state index contributed by atoms with van der Waals surface area (Å²) in [4.78, 5) is 15.4. The van der Waals surface area contributed by atoms with E-state index in [0.29, 0.717) is 71.9 Å². The summed E-state index contributed by atoms with van der Waals surface area (Å²) >= 11 is 6.72. The number of sulfonamides is 1. The molecule has 5 rings (SSSR count). The van der Waals surface area contributed by atoms with E-state index in [4.69, 9.17) is 26.8 Å². The van der Waals surface area contributed by atoms with Crippen molar-refractivity contribution in [1.82, 2.24) is 19.0 Å². The lowest BCUT2D eigenvalue weighted by Crippen LogP contribution is -2.40. The Kier molecular flexibility index (Phi) is 8.60. The van der Waals surface area contributed by atoms with Crippen LogP contribution in [-0.4, -0.2) is 84.2 Å². The highest BCUT2D eigenvalue weighted by Crippen LogP contribution is 2.35. The maximum absolute atomic E-state index is 13.3. The van der Waals surface area contributed by atoms with Crippen molar-refractivity contribution < 1.29 is 22.7 Å². The molecule has 0 saturated carbocycles. The van der Waals surface area contributed by atoms with Crippen LogP contribution in [0.3, 0.4) is 0 Å². The lowest BCUT2D eigenvalue weighted by molar-refractivity contribution is -0.122. The molecule has 0 unspecified atom stereocenters. The predicted octanol–water partition coefficient (Wildman–Crippen LogP) is 3.80. The number of benzene rings is 2. The summed E-state index contributed by atoms with van der Waals surface area (Å²) in [6, 6.07) is 16.4. The van der Waals surface area contributed by atoms with E-state index in [9.17, 15) is 13.2 Å².